The van der Waals surface area contributed by atoms with E-state index in [0.29, 0.717) is 0 Å². The van der Waals surface area contributed by atoms with E-state index in [1.165, 1.54) is 0 Å². The molecule has 1 rings (SSSR count). The minimum Gasteiger partial charge on any atom is -0.395 e. The van der Waals surface area contributed by atoms with Gasteiger partial charge in [0, 0.05) is 6.07 Å². The van der Waals surface area contributed by atoms with Gasteiger partial charge in [-0.2, -0.15) is 4.39 Å². The van der Waals surface area contributed by atoms with Gasteiger partial charge in [0.05, 0.1) is 5.69 Å². The van der Waals surface area contributed by atoms with Gasteiger partial charge in [0.25, 0.3) is 0 Å². The summed E-state index contributed by atoms with van der Waals surface area (Å²) in [6, 6.07) is 0.782. The minimum atomic E-state index is -0.952. The summed E-state index contributed by atoms with van der Waals surface area (Å²) in [6.45, 7) is 0. The summed E-state index contributed by atoms with van der Waals surface area (Å²) >= 11 is 5.10. The first-order chi connectivity index (χ1) is 4.61. The van der Waals surface area contributed by atoms with Gasteiger partial charge < -0.3 is 5.73 Å². The van der Waals surface area contributed by atoms with Crippen LogP contribution in [0.4, 0.5) is 14.5 Å². The number of hydrogen-bond acceptors (Lipinski definition) is 2. The van der Waals surface area contributed by atoms with Gasteiger partial charge in [0.15, 0.2) is 11.0 Å². The predicted molar refractivity (Wildman–Crippen MR) is 33.6 cm³/mol. The molecule has 0 amide bonds. The molecule has 0 aliphatic carbocycles. The van der Waals surface area contributed by atoms with Crippen molar-refractivity contribution in [2.45, 2.75) is 0 Å². The van der Waals surface area contributed by atoms with Crippen molar-refractivity contribution in [2.75, 3.05) is 5.73 Å². The molecule has 0 bridgehead atoms. The highest BCUT2D eigenvalue weighted by Gasteiger charge is 2.05. The molecular weight excluding hydrogens is 162 g/mol. The Bertz CT molecular complexity index is 214. The standard InChI is InChI=1S/C5H3ClF2N2/c6-4-2(7)1-3(9)5(8)10-4/h1H,9H2. The van der Waals surface area contributed by atoms with E-state index in [9.17, 15) is 8.78 Å². The number of nitrogens with two attached hydrogens (primary N) is 1. The molecule has 0 aliphatic heterocycles. The van der Waals surface area contributed by atoms with Crippen LogP contribution in [0.1, 0.15) is 0 Å². The smallest absolute Gasteiger partial charge is 0.237 e. The lowest BCUT2D eigenvalue weighted by Gasteiger charge is -1.95. The molecule has 0 aliphatic rings. The van der Waals surface area contributed by atoms with Gasteiger partial charge in [0.2, 0.25) is 5.95 Å². The molecule has 0 fully saturated rings. The van der Waals surface area contributed by atoms with Crippen LogP contribution in [0.3, 0.4) is 0 Å². The molecular formula is C5H3ClF2N2. The third-order valence-corrected chi connectivity index (χ3v) is 1.18. The Labute approximate surface area is 60.6 Å². The number of pyridine rings is 1. The number of aromatic nitrogens is 1. The van der Waals surface area contributed by atoms with Crippen LogP contribution in [0.25, 0.3) is 0 Å². The first-order valence-corrected chi connectivity index (χ1v) is 2.76. The molecule has 2 nitrogen and oxygen atoms in total. The van der Waals surface area contributed by atoms with E-state index in [4.69, 9.17) is 17.3 Å². The second-order valence-corrected chi connectivity index (χ2v) is 2.00. The van der Waals surface area contributed by atoms with E-state index in [1.807, 2.05) is 0 Å². The molecule has 0 unspecified atom stereocenters. The second kappa shape index (κ2) is 2.38. The van der Waals surface area contributed by atoms with Crippen molar-refractivity contribution in [3.05, 3.63) is 23.0 Å². The summed E-state index contributed by atoms with van der Waals surface area (Å²) in [7, 11) is 0. The Balaban J connectivity index is 3.28. The quantitative estimate of drug-likeness (QED) is 0.592. The molecule has 1 aromatic rings. The van der Waals surface area contributed by atoms with E-state index in [0.717, 1.165) is 6.07 Å². The highest BCUT2D eigenvalue weighted by Crippen LogP contribution is 2.15. The van der Waals surface area contributed by atoms with Gasteiger partial charge >= 0.3 is 0 Å². The number of hydrogen-bond donors (Lipinski definition) is 1. The normalized spacial score (nSPS) is 9.90. The highest BCUT2D eigenvalue weighted by molar-refractivity contribution is 6.29. The van der Waals surface area contributed by atoms with Crippen LogP contribution < -0.4 is 5.73 Å². The second-order valence-electron chi connectivity index (χ2n) is 1.64. The summed E-state index contributed by atoms with van der Waals surface area (Å²) in [6.07, 6.45) is 0. The molecule has 5 heteroatoms. The number of anilines is 1. The maximum absolute atomic E-state index is 12.3. The molecule has 0 radical (unpaired) electrons. The van der Waals surface area contributed by atoms with Crippen LogP contribution in [0.5, 0.6) is 0 Å². The average molecular weight is 165 g/mol. The number of nitrogen functional groups attached to an aromatic ring is 1. The largest absolute Gasteiger partial charge is 0.395 e. The van der Waals surface area contributed by atoms with Crippen molar-refractivity contribution in [3.63, 3.8) is 0 Å². The van der Waals surface area contributed by atoms with E-state index in [-0.39, 0.29) is 5.69 Å². The molecule has 0 aromatic carbocycles. The van der Waals surface area contributed by atoms with Crippen LogP contribution in [0.2, 0.25) is 5.15 Å². The van der Waals surface area contributed by atoms with E-state index >= 15 is 0 Å². The van der Waals surface area contributed by atoms with Gasteiger partial charge in [-0.25, -0.2) is 9.37 Å². The zero-order valence-electron chi connectivity index (χ0n) is 4.74. The highest BCUT2D eigenvalue weighted by atomic mass is 35.5. The van der Waals surface area contributed by atoms with Crippen LogP contribution in [0.15, 0.2) is 6.07 Å². The SMILES string of the molecule is Nc1cc(F)c(Cl)nc1F. The Kier molecular flexibility index (Phi) is 1.72. The van der Waals surface area contributed by atoms with Crippen LogP contribution >= 0.6 is 11.6 Å². The summed E-state index contributed by atoms with van der Waals surface area (Å²) in [5.74, 6) is -1.77. The molecule has 1 heterocycles. The zero-order chi connectivity index (χ0) is 7.72. The summed E-state index contributed by atoms with van der Waals surface area (Å²) in [4.78, 5) is 2.97. The first kappa shape index (κ1) is 7.21. The maximum Gasteiger partial charge on any atom is 0.237 e. The van der Waals surface area contributed by atoms with Crippen LogP contribution in [-0.4, -0.2) is 4.98 Å². The van der Waals surface area contributed by atoms with Gasteiger partial charge in [-0.15, -0.1) is 0 Å². The van der Waals surface area contributed by atoms with Crippen molar-refractivity contribution in [1.82, 2.24) is 4.98 Å². The third-order valence-electron chi connectivity index (χ3n) is 0.914. The predicted octanol–water partition coefficient (Wildman–Crippen LogP) is 1.60. The van der Waals surface area contributed by atoms with E-state index < -0.39 is 16.9 Å². The summed E-state index contributed by atoms with van der Waals surface area (Å²) in [5, 5.41) is -0.508. The maximum atomic E-state index is 12.3. The molecule has 0 spiro atoms. The fraction of sp³-hybridized carbons (Fsp3) is 0. The van der Waals surface area contributed by atoms with Crippen molar-refractivity contribution >= 4 is 17.3 Å². The van der Waals surface area contributed by atoms with Crippen molar-refractivity contribution in [2.24, 2.45) is 0 Å². The van der Waals surface area contributed by atoms with Gasteiger partial charge in [0.1, 0.15) is 0 Å². The third kappa shape index (κ3) is 1.16. The van der Waals surface area contributed by atoms with Crippen molar-refractivity contribution in [1.29, 1.82) is 0 Å². The van der Waals surface area contributed by atoms with Crippen LogP contribution in [0, 0.1) is 11.8 Å². The van der Waals surface area contributed by atoms with E-state index in [2.05, 4.69) is 4.98 Å². The number of nitrogens with zero attached hydrogens (tertiary/aromatic N) is 1. The Morgan fingerprint density at radius 3 is 2.60 bits per heavy atom. The van der Waals surface area contributed by atoms with Crippen molar-refractivity contribution < 1.29 is 8.78 Å². The number of halogens is 3. The Hall–Kier alpha value is -0.900. The summed E-state index contributed by atoms with van der Waals surface area (Å²) < 4.78 is 24.6. The molecule has 54 valence electrons. The number of rotatable bonds is 0. The molecule has 1 aromatic heterocycles. The lowest BCUT2D eigenvalue weighted by Crippen LogP contribution is -1.96. The Morgan fingerprint density at radius 2 is 2.10 bits per heavy atom. The van der Waals surface area contributed by atoms with Gasteiger partial charge in [-0.05, 0) is 0 Å². The monoisotopic (exact) mass is 164 g/mol. The topological polar surface area (TPSA) is 38.9 Å². The lowest BCUT2D eigenvalue weighted by molar-refractivity contribution is 0.565. The zero-order valence-corrected chi connectivity index (χ0v) is 5.49. The molecule has 0 saturated heterocycles. The minimum absolute atomic E-state index is 0.345. The fourth-order valence-electron chi connectivity index (χ4n) is 0.460. The molecule has 0 atom stereocenters. The van der Waals surface area contributed by atoms with Gasteiger partial charge in [-0.1, -0.05) is 11.6 Å². The Morgan fingerprint density at radius 1 is 1.50 bits per heavy atom. The molecule has 0 saturated carbocycles. The lowest BCUT2D eigenvalue weighted by atomic mass is 10.4. The fourth-order valence-corrected chi connectivity index (χ4v) is 0.589. The molecule has 2 N–H and O–H groups in total. The first-order valence-electron chi connectivity index (χ1n) is 2.38. The van der Waals surface area contributed by atoms with Gasteiger partial charge in [-0.3, -0.25) is 0 Å². The van der Waals surface area contributed by atoms with Crippen molar-refractivity contribution in [3.8, 4) is 0 Å². The van der Waals surface area contributed by atoms with Crippen LogP contribution in [-0.2, 0) is 0 Å². The van der Waals surface area contributed by atoms with E-state index in [1.54, 1.807) is 0 Å². The molecule has 10 heavy (non-hydrogen) atoms. The average Bonchev–Trinajstić information content (AvgIpc) is 1.84. The summed E-state index contributed by atoms with van der Waals surface area (Å²) in [5.41, 5.74) is 4.61.